The van der Waals surface area contributed by atoms with Crippen LogP contribution in [0.3, 0.4) is 0 Å². The van der Waals surface area contributed by atoms with Gasteiger partial charge in [-0.1, -0.05) is 30.3 Å². The summed E-state index contributed by atoms with van der Waals surface area (Å²) in [4.78, 5) is 4.39. The highest BCUT2D eigenvalue weighted by Crippen LogP contribution is 2.49. The van der Waals surface area contributed by atoms with Gasteiger partial charge in [0.25, 0.3) is 0 Å². The van der Waals surface area contributed by atoms with Crippen LogP contribution in [0.4, 0.5) is 0 Å². The third-order valence-electron chi connectivity index (χ3n) is 5.84. The van der Waals surface area contributed by atoms with Crippen LogP contribution in [0.25, 0.3) is 11.3 Å². The maximum absolute atomic E-state index is 11.6. The molecule has 138 valence electrons. The second-order valence-electron chi connectivity index (χ2n) is 7.27. The third kappa shape index (κ3) is 2.46. The molecular formula is C20H19N3O3S. The van der Waals surface area contributed by atoms with Crippen LogP contribution in [0.2, 0.25) is 0 Å². The molecule has 0 amide bonds. The fourth-order valence-corrected chi connectivity index (χ4v) is 5.18. The Hall–Kier alpha value is -2.48. The largest absolute Gasteiger partial charge is 0.388 e. The van der Waals surface area contributed by atoms with Gasteiger partial charge in [0.1, 0.15) is 0 Å². The molecule has 7 heteroatoms. The van der Waals surface area contributed by atoms with Gasteiger partial charge < -0.3 is 9.67 Å². The molecule has 1 aliphatic carbocycles. The number of imidazole rings is 1. The van der Waals surface area contributed by atoms with Crippen molar-refractivity contribution in [2.24, 2.45) is 11.1 Å². The molecule has 0 spiro atoms. The molecule has 0 bridgehead atoms. The van der Waals surface area contributed by atoms with Gasteiger partial charge in [-0.2, -0.15) is 0 Å². The molecule has 6 nitrogen and oxygen atoms in total. The molecule has 0 saturated carbocycles. The maximum Gasteiger partial charge on any atom is 0.238 e. The van der Waals surface area contributed by atoms with E-state index in [9.17, 15) is 13.5 Å². The third-order valence-corrected chi connectivity index (χ3v) is 6.75. The number of hydrogen-bond acceptors (Lipinski definition) is 4. The van der Waals surface area contributed by atoms with Crippen LogP contribution in [0, 0.1) is 5.92 Å². The number of rotatable bonds is 2. The second-order valence-corrected chi connectivity index (χ2v) is 8.83. The molecular weight excluding hydrogens is 362 g/mol. The number of benzene rings is 2. The Morgan fingerprint density at radius 3 is 2.78 bits per heavy atom. The van der Waals surface area contributed by atoms with Crippen molar-refractivity contribution in [3.63, 3.8) is 0 Å². The van der Waals surface area contributed by atoms with E-state index < -0.39 is 16.1 Å². The number of aliphatic hydroxyl groups is 1. The zero-order chi connectivity index (χ0) is 18.8. The number of nitrogens with zero attached hydrogens (tertiary/aromatic N) is 2. The predicted molar refractivity (Wildman–Crippen MR) is 100 cm³/mol. The molecule has 2 heterocycles. The molecule has 0 fully saturated rings. The molecule has 27 heavy (non-hydrogen) atoms. The number of primary sulfonamides is 1. The van der Waals surface area contributed by atoms with Gasteiger partial charge in [-0.3, -0.25) is 0 Å². The molecule has 0 saturated heterocycles. The number of aliphatic hydroxyl groups excluding tert-OH is 1. The van der Waals surface area contributed by atoms with Gasteiger partial charge in [-0.05, 0) is 41.7 Å². The fraction of sp³-hybridized carbons (Fsp3) is 0.250. The van der Waals surface area contributed by atoms with E-state index in [2.05, 4.69) is 21.7 Å². The van der Waals surface area contributed by atoms with Crippen LogP contribution in [0.1, 0.15) is 35.3 Å². The SMILES string of the molecule is NS(=O)(=O)c1ccc2c(c1)CC[C@@H](C1c3ccccc3-c3cncn31)[C@H]2O. The summed E-state index contributed by atoms with van der Waals surface area (Å²) in [7, 11) is -3.75. The van der Waals surface area contributed by atoms with E-state index in [1.54, 1.807) is 12.1 Å². The van der Waals surface area contributed by atoms with Gasteiger partial charge in [-0.15, -0.1) is 0 Å². The minimum absolute atomic E-state index is 0.0137. The van der Waals surface area contributed by atoms with E-state index in [1.807, 2.05) is 24.7 Å². The molecule has 5 rings (SSSR count). The first-order chi connectivity index (χ1) is 12.9. The highest BCUT2D eigenvalue weighted by atomic mass is 32.2. The highest BCUT2D eigenvalue weighted by molar-refractivity contribution is 7.89. The van der Waals surface area contributed by atoms with E-state index in [0.29, 0.717) is 6.42 Å². The topological polar surface area (TPSA) is 98.2 Å². The second kappa shape index (κ2) is 5.76. The first-order valence-electron chi connectivity index (χ1n) is 8.90. The first-order valence-corrected chi connectivity index (χ1v) is 10.4. The Bertz CT molecular complexity index is 1150. The molecule has 1 aliphatic heterocycles. The lowest BCUT2D eigenvalue weighted by Gasteiger charge is -2.35. The summed E-state index contributed by atoms with van der Waals surface area (Å²) < 4.78 is 25.4. The Kier molecular flexibility index (Phi) is 3.56. The van der Waals surface area contributed by atoms with Crippen molar-refractivity contribution in [2.45, 2.75) is 29.9 Å². The minimum atomic E-state index is -3.75. The lowest BCUT2D eigenvalue weighted by atomic mass is 9.76. The normalized spacial score (nSPS) is 23.6. The Balaban J connectivity index is 1.57. The van der Waals surface area contributed by atoms with Crippen molar-refractivity contribution in [1.29, 1.82) is 0 Å². The van der Waals surface area contributed by atoms with E-state index in [-0.39, 0.29) is 16.9 Å². The molecule has 2 aliphatic rings. The Morgan fingerprint density at radius 1 is 1.15 bits per heavy atom. The molecule has 3 atom stereocenters. The number of hydrogen-bond donors (Lipinski definition) is 2. The van der Waals surface area contributed by atoms with Gasteiger partial charge in [0, 0.05) is 11.5 Å². The van der Waals surface area contributed by atoms with Gasteiger partial charge >= 0.3 is 0 Å². The molecule has 3 N–H and O–H groups in total. The number of aromatic nitrogens is 2. The minimum Gasteiger partial charge on any atom is -0.388 e. The highest BCUT2D eigenvalue weighted by Gasteiger charge is 2.40. The van der Waals surface area contributed by atoms with Crippen molar-refractivity contribution < 1.29 is 13.5 Å². The van der Waals surface area contributed by atoms with Crippen molar-refractivity contribution in [1.82, 2.24) is 9.55 Å². The number of aryl methyl sites for hydroxylation is 1. The van der Waals surface area contributed by atoms with Gasteiger partial charge in [0.2, 0.25) is 10.0 Å². The predicted octanol–water partition coefficient (Wildman–Crippen LogP) is 2.40. The van der Waals surface area contributed by atoms with Crippen LogP contribution in [-0.2, 0) is 16.4 Å². The summed E-state index contributed by atoms with van der Waals surface area (Å²) in [6.45, 7) is 0. The molecule has 3 aromatic rings. The van der Waals surface area contributed by atoms with E-state index in [1.165, 1.54) is 11.6 Å². The first kappa shape index (κ1) is 16.7. The summed E-state index contributed by atoms with van der Waals surface area (Å²) >= 11 is 0. The van der Waals surface area contributed by atoms with Crippen molar-refractivity contribution in [3.05, 3.63) is 71.7 Å². The number of nitrogens with two attached hydrogens (primary N) is 1. The molecule has 0 radical (unpaired) electrons. The van der Waals surface area contributed by atoms with E-state index in [4.69, 9.17) is 5.14 Å². The average molecular weight is 381 g/mol. The fourth-order valence-electron chi connectivity index (χ4n) is 4.62. The smallest absolute Gasteiger partial charge is 0.238 e. The van der Waals surface area contributed by atoms with Crippen molar-refractivity contribution >= 4 is 10.0 Å². The van der Waals surface area contributed by atoms with Crippen LogP contribution in [-0.4, -0.2) is 23.1 Å². The van der Waals surface area contributed by atoms with Crippen molar-refractivity contribution in [3.8, 4) is 11.3 Å². The zero-order valence-electron chi connectivity index (χ0n) is 14.5. The molecule has 2 aromatic carbocycles. The van der Waals surface area contributed by atoms with Gasteiger partial charge in [-0.25, -0.2) is 18.5 Å². The van der Waals surface area contributed by atoms with E-state index in [0.717, 1.165) is 28.8 Å². The number of fused-ring (bicyclic) bond motifs is 4. The van der Waals surface area contributed by atoms with Crippen LogP contribution >= 0.6 is 0 Å². The van der Waals surface area contributed by atoms with Crippen LogP contribution in [0.15, 0.2) is 59.9 Å². The summed E-state index contributed by atoms with van der Waals surface area (Å²) in [6, 6.07) is 13.0. The summed E-state index contributed by atoms with van der Waals surface area (Å²) in [5, 5.41) is 16.4. The average Bonchev–Trinajstić information content (AvgIpc) is 3.22. The summed E-state index contributed by atoms with van der Waals surface area (Å²) in [5.41, 5.74) is 5.05. The van der Waals surface area contributed by atoms with E-state index >= 15 is 0 Å². The maximum atomic E-state index is 11.6. The lowest BCUT2D eigenvalue weighted by Crippen LogP contribution is -2.29. The van der Waals surface area contributed by atoms with Crippen LogP contribution in [0.5, 0.6) is 0 Å². The van der Waals surface area contributed by atoms with Crippen LogP contribution < -0.4 is 5.14 Å². The quantitative estimate of drug-likeness (QED) is 0.712. The van der Waals surface area contributed by atoms with Gasteiger partial charge in [0.05, 0.1) is 35.3 Å². The van der Waals surface area contributed by atoms with Crippen molar-refractivity contribution in [2.75, 3.05) is 0 Å². The molecule has 1 unspecified atom stereocenters. The Morgan fingerprint density at radius 2 is 1.96 bits per heavy atom. The molecule has 1 aromatic heterocycles. The Labute approximate surface area is 157 Å². The number of sulfonamides is 1. The lowest BCUT2D eigenvalue weighted by molar-refractivity contribution is 0.0719. The zero-order valence-corrected chi connectivity index (χ0v) is 15.3. The standard InChI is InChI=1S/C20H19N3O3S/c21-27(25,26)13-6-8-14-12(9-13)5-7-17(20(14)24)19-16-4-2-1-3-15(16)18-10-22-11-23(18)19/h1-4,6,8-11,17,19-20,24H,5,7H2,(H2,21,25,26)/t17-,19?,20-/m0/s1. The van der Waals surface area contributed by atoms with Gasteiger partial charge in [0.15, 0.2) is 0 Å². The monoisotopic (exact) mass is 381 g/mol. The summed E-state index contributed by atoms with van der Waals surface area (Å²) in [6.07, 6.45) is 4.45. The summed E-state index contributed by atoms with van der Waals surface area (Å²) in [5.74, 6) is -0.0190.